The molecule has 0 spiro atoms. The Bertz CT molecular complexity index is 673. The molecule has 0 amide bonds. The summed E-state index contributed by atoms with van der Waals surface area (Å²) in [5, 5.41) is 10.5. The number of carbonyl (C=O) groups is 2. The fourth-order valence-corrected chi connectivity index (χ4v) is 4.36. The Balaban J connectivity index is 2.18. The zero-order valence-corrected chi connectivity index (χ0v) is 15.0. The van der Waals surface area contributed by atoms with Crippen LogP contribution in [0.25, 0.3) is 0 Å². The second-order valence-corrected chi connectivity index (χ2v) is 7.89. The van der Waals surface area contributed by atoms with Crippen LogP contribution < -0.4 is 0 Å². The van der Waals surface area contributed by atoms with Gasteiger partial charge in [-0.15, -0.1) is 0 Å². The lowest BCUT2D eigenvalue weighted by Crippen LogP contribution is -2.55. The maximum atomic E-state index is 13.0. The zero-order chi connectivity index (χ0) is 17.8. The molecule has 2 aliphatic carbocycles. The molecule has 1 aromatic heterocycles. The number of carbonyl (C=O) groups excluding carboxylic acids is 2. The molecule has 0 bridgehead atoms. The van der Waals surface area contributed by atoms with E-state index in [0.29, 0.717) is 12.0 Å². The van der Waals surface area contributed by atoms with E-state index in [0.717, 1.165) is 12.0 Å². The van der Waals surface area contributed by atoms with E-state index in [1.54, 1.807) is 13.8 Å². The van der Waals surface area contributed by atoms with Gasteiger partial charge in [0.15, 0.2) is 5.76 Å². The first-order valence-corrected chi connectivity index (χ1v) is 8.70. The molecule has 24 heavy (non-hydrogen) atoms. The Hall–Kier alpha value is -1.62. The van der Waals surface area contributed by atoms with E-state index in [1.165, 1.54) is 6.26 Å². The lowest BCUT2D eigenvalue weighted by molar-refractivity contribution is -0.176. The van der Waals surface area contributed by atoms with Crippen molar-refractivity contribution in [3.8, 4) is 0 Å². The van der Waals surface area contributed by atoms with Crippen molar-refractivity contribution in [3.63, 3.8) is 0 Å². The molecule has 5 atom stereocenters. The number of ketones is 1. The van der Waals surface area contributed by atoms with E-state index >= 15 is 0 Å². The fourth-order valence-electron chi connectivity index (χ4n) is 4.36. The van der Waals surface area contributed by atoms with Gasteiger partial charge in [-0.25, -0.2) is 0 Å². The second kappa shape index (κ2) is 5.73. The summed E-state index contributed by atoms with van der Waals surface area (Å²) in [6.45, 7) is 9.48. The molecule has 1 heterocycles. The van der Waals surface area contributed by atoms with Crippen molar-refractivity contribution in [1.29, 1.82) is 0 Å². The first kappa shape index (κ1) is 17.2. The molecular formula is C19H26O5. The van der Waals surface area contributed by atoms with Gasteiger partial charge in [-0.1, -0.05) is 27.7 Å². The highest BCUT2D eigenvalue weighted by Crippen LogP contribution is 2.59. The third kappa shape index (κ3) is 2.25. The average Bonchev–Trinajstić information content (AvgIpc) is 2.89. The Morgan fingerprint density at radius 3 is 2.71 bits per heavy atom. The molecule has 5 heteroatoms. The largest absolute Gasteiger partial charge is 0.460 e. The molecule has 5 nitrogen and oxygen atoms in total. The molecular weight excluding hydrogens is 308 g/mol. The number of aliphatic hydroxyl groups excluding tert-OH is 1. The van der Waals surface area contributed by atoms with Gasteiger partial charge in [-0.2, -0.15) is 0 Å². The molecule has 0 saturated heterocycles. The van der Waals surface area contributed by atoms with E-state index in [1.807, 2.05) is 13.8 Å². The van der Waals surface area contributed by atoms with Crippen molar-refractivity contribution in [2.75, 3.05) is 0 Å². The van der Waals surface area contributed by atoms with Crippen LogP contribution in [0.4, 0.5) is 0 Å². The molecule has 1 saturated carbocycles. The monoisotopic (exact) mass is 334 g/mol. The highest BCUT2D eigenvalue weighted by molar-refractivity contribution is 5.99. The third-order valence-corrected chi connectivity index (χ3v) is 6.07. The van der Waals surface area contributed by atoms with Gasteiger partial charge >= 0.3 is 5.97 Å². The van der Waals surface area contributed by atoms with Crippen molar-refractivity contribution < 1.29 is 23.8 Å². The van der Waals surface area contributed by atoms with Crippen LogP contribution in [0.2, 0.25) is 0 Å². The zero-order valence-electron chi connectivity index (χ0n) is 15.0. The normalized spacial score (nSPS) is 35.5. The van der Waals surface area contributed by atoms with Crippen molar-refractivity contribution in [3.05, 3.63) is 23.2 Å². The summed E-state index contributed by atoms with van der Waals surface area (Å²) in [6, 6.07) is 0. The predicted molar refractivity (Wildman–Crippen MR) is 87.4 cm³/mol. The van der Waals surface area contributed by atoms with Crippen LogP contribution in [0, 0.1) is 30.1 Å². The molecule has 1 N–H and O–H groups in total. The van der Waals surface area contributed by atoms with Gasteiger partial charge in [0.05, 0.1) is 24.2 Å². The molecule has 1 fully saturated rings. The summed E-state index contributed by atoms with van der Waals surface area (Å²) in [4.78, 5) is 25.3. The molecule has 0 aliphatic heterocycles. The minimum Gasteiger partial charge on any atom is -0.460 e. The number of aliphatic hydroxyl groups is 1. The summed E-state index contributed by atoms with van der Waals surface area (Å²) in [5.74, 6) is -0.954. The smallest absolute Gasteiger partial charge is 0.309 e. The molecule has 0 aromatic carbocycles. The third-order valence-electron chi connectivity index (χ3n) is 6.07. The highest BCUT2D eigenvalue weighted by atomic mass is 16.5. The fraction of sp³-hybridized carbons (Fsp3) is 0.684. The van der Waals surface area contributed by atoms with Gasteiger partial charge in [0.25, 0.3) is 0 Å². The summed E-state index contributed by atoms with van der Waals surface area (Å²) >= 11 is 0. The number of aryl methyl sites for hydroxylation is 1. The number of ether oxygens (including phenoxy) is 1. The minimum atomic E-state index is -0.738. The average molecular weight is 334 g/mol. The SMILES string of the molecule is Cc1coc2c1[C@@H](OC(=O)C(C)C)[C@]1(C)C(C)CC[C@H](O)[C@H]1C2=O. The van der Waals surface area contributed by atoms with Gasteiger partial charge in [0, 0.05) is 11.0 Å². The van der Waals surface area contributed by atoms with Crippen LogP contribution in [-0.4, -0.2) is 23.0 Å². The van der Waals surface area contributed by atoms with Crippen LogP contribution in [0.3, 0.4) is 0 Å². The molecule has 2 aliphatic rings. The number of rotatable bonds is 2. The second-order valence-electron chi connectivity index (χ2n) is 7.89. The molecule has 132 valence electrons. The lowest BCUT2D eigenvalue weighted by atomic mass is 9.53. The summed E-state index contributed by atoms with van der Waals surface area (Å²) < 4.78 is 11.4. The van der Waals surface area contributed by atoms with Crippen LogP contribution >= 0.6 is 0 Å². The van der Waals surface area contributed by atoms with Crippen molar-refractivity contribution in [2.45, 2.75) is 59.7 Å². The number of esters is 1. The molecule has 1 aromatic rings. The van der Waals surface area contributed by atoms with E-state index in [4.69, 9.17) is 9.15 Å². The van der Waals surface area contributed by atoms with E-state index < -0.39 is 23.5 Å². The van der Waals surface area contributed by atoms with Gasteiger partial charge < -0.3 is 14.3 Å². The first-order chi connectivity index (χ1) is 11.2. The van der Waals surface area contributed by atoms with Crippen LogP contribution in [0.5, 0.6) is 0 Å². The van der Waals surface area contributed by atoms with Crippen molar-refractivity contribution >= 4 is 11.8 Å². The summed E-state index contributed by atoms with van der Waals surface area (Å²) in [5.41, 5.74) is 0.849. The number of hydrogen-bond donors (Lipinski definition) is 1. The number of furan rings is 1. The standard InChI is InChI=1S/C19H26O5/c1-9(2)18(22)24-17-13-10(3)8-23-16(13)15(21)14-12(20)7-6-11(4)19(14,17)5/h8-9,11-12,14,17,20H,6-7H2,1-5H3/t11?,12-,14-,17+,19+/m0/s1. The predicted octanol–water partition coefficient (Wildman–Crippen LogP) is 3.44. The number of hydrogen-bond acceptors (Lipinski definition) is 5. The quantitative estimate of drug-likeness (QED) is 0.838. The molecule has 3 rings (SSSR count). The Morgan fingerprint density at radius 2 is 2.08 bits per heavy atom. The Morgan fingerprint density at radius 1 is 1.42 bits per heavy atom. The van der Waals surface area contributed by atoms with E-state index in [-0.39, 0.29) is 29.3 Å². The van der Waals surface area contributed by atoms with Gasteiger partial charge in [-0.3, -0.25) is 9.59 Å². The summed E-state index contributed by atoms with van der Waals surface area (Å²) in [7, 11) is 0. The van der Waals surface area contributed by atoms with Crippen LogP contribution in [0.1, 0.15) is 68.3 Å². The molecule has 0 radical (unpaired) electrons. The van der Waals surface area contributed by atoms with E-state index in [9.17, 15) is 14.7 Å². The topological polar surface area (TPSA) is 76.7 Å². The van der Waals surface area contributed by atoms with Crippen molar-refractivity contribution in [1.82, 2.24) is 0 Å². The number of fused-ring (bicyclic) bond motifs is 2. The van der Waals surface area contributed by atoms with E-state index in [2.05, 4.69) is 6.92 Å². The highest BCUT2D eigenvalue weighted by Gasteiger charge is 2.61. The van der Waals surface area contributed by atoms with Gasteiger partial charge in [-0.05, 0) is 31.2 Å². The van der Waals surface area contributed by atoms with Crippen LogP contribution in [-0.2, 0) is 9.53 Å². The summed E-state index contributed by atoms with van der Waals surface area (Å²) in [6.07, 6.45) is 1.60. The number of Topliss-reactive ketones (excluding diaryl/α,β-unsaturated/α-hetero) is 1. The van der Waals surface area contributed by atoms with Gasteiger partial charge in [0.1, 0.15) is 6.10 Å². The minimum absolute atomic E-state index is 0.141. The van der Waals surface area contributed by atoms with Gasteiger partial charge in [0.2, 0.25) is 5.78 Å². The lowest BCUT2D eigenvalue weighted by Gasteiger charge is -2.53. The first-order valence-electron chi connectivity index (χ1n) is 8.70. The van der Waals surface area contributed by atoms with Crippen molar-refractivity contribution in [2.24, 2.45) is 23.2 Å². The maximum absolute atomic E-state index is 13.0. The van der Waals surface area contributed by atoms with Crippen LogP contribution in [0.15, 0.2) is 10.7 Å². The Labute approximate surface area is 142 Å². The maximum Gasteiger partial charge on any atom is 0.309 e. The Kier molecular flexibility index (Phi) is 4.11. The molecule has 1 unspecified atom stereocenters.